The number of likely N-dealkylation sites (tertiary alicyclic amines) is 1. The third-order valence-corrected chi connectivity index (χ3v) is 5.07. The van der Waals surface area contributed by atoms with Crippen molar-refractivity contribution in [2.45, 2.75) is 31.8 Å². The molecule has 2 aromatic heterocycles. The molecular weight excluding hydrogens is 296 g/mol. The minimum absolute atomic E-state index is 0.124. The van der Waals surface area contributed by atoms with Crippen LogP contribution in [-0.4, -0.2) is 40.5 Å². The van der Waals surface area contributed by atoms with E-state index < -0.39 is 0 Å². The molecule has 1 saturated heterocycles. The fourth-order valence-electron chi connectivity index (χ4n) is 2.97. The third kappa shape index (κ3) is 2.91. The Morgan fingerprint density at radius 3 is 2.86 bits per heavy atom. The van der Waals surface area contributed by atoms with Gasteiger partial charge in [0, 0.05) is 25.0 Å². The Hall–Kier alpha value is -1.73. The first kappa shape index (κ1) is 15.2. The number of nitrogens with two attached hydrogens (primary N) is 1. The van der Waals surface area contributed by atoms with E-state index in [0.29, 0.717) is 12.0 Å². The second-order valence-corrected chi connectivity index (χ2v) is 6.81. The average Bonchev–Trinajstić information content (AvgIpc) is 3.16. The van der Waals surface area contributed by atoms with Crippen LogP contribution in [0, 0.1) is 0 Å². The summed E-state index contributed by atoms with van der Waals surface area (Å²) in [5.74, 6) is 1.65. The number of thiophene rings is 1. The molecule has 1 aliphatic rings. The molecule has 0 bridgehead atoms. The second-order valence-electron chi connectivity index (χ2n) is 5.83. The van der Waals surface area contributed by atoms with Crippen LogP contribution < -0.4 is 10.6 Å². The van der Waals surface area contributed by atoms with E-state index in [1.807, 2.05) is 30.3 Å². The van der Waals surface area contributed by atoms with Crippen molar-refractivity contribution in [3.05, 3.63) is 28.2 Å². The van der Waals surface area contributed by atoms with Crippen molar-refractivity contribution in [3.8, 4) is 0 Å². The quantitative estimate of drug-likeness (QED) is 0.934. The van der Waals surface area contributed by atoms with Crippen molar-refractivity contribution in [3.63, 3.8) is 0 Å². The van der Waals surface area contributed by atoms with Crippen LogP contribution in [0.25, 0.3) is 0 Å². The van der Waals surface area contributed by atoms with Crippen LogP contribution in [0.4, 0.5) is 11.9 Å². The fourth-order valence-corrected chi connectivity index (χ4v) is 3.85. The lowest BCUT2D eigenvalue weighted by atomic mass is 10.1. The highest BCUT2D eigenvalue weighted by Gasteiger charge is 2.32. The number of hydrogen-bond acceptors (Lipinski definition) is 7. The van der Waals surface area contributed by atoms with Crippen LogP contribution in [0.1, 0.15) is 42.6 Å². The van der Waals surface area contributed by atoms with Crippen LogP contribution in [0.3, 0.4) is 0 Å². The average molecular weight is 318 g/mol. The molecule has 118 valence electrons. The Morgan fingerprint density at radius 2 is 2.18 bits per heavy atom. The van der Waals surface area contributed by atoms with Crippen molar-refractivity contribution in [2.75, 3.05) is 31.3 Å². The molecule has 0 spiro atoms. The van der Waals surface area contributed by atoms with Crippen LogP contribution in [0.2, 0.25) is 0 Å². The third-order valence-electron chi connectivity index (χ3n) is 4.10. The number of aromatic nitrogens is 3. The fraction of sp³-hybridized carbons (Fsp3) is 0.533. The van der Waals surface area contributed by atoms with Crippen molar-refractivity contribution in [1.29, 1.82) is 0 Å². The highest BCUT2D eigenvalue weighted by Crippen LogP contribution is 2.39. The summed E-state index contributed by atoms with van der Waals surface area (Å²) < 4.78 is 0. The van der Waals surface area contributed by atoms with Gasteiger partial charge in [-0.05, 0) is 37.8 Å². The van der Waals surface area contributed by atoms with Crippen molar-refractivity contribution >= 4 is 23.2 Å². The van der Waals surface area contributed by atoms with E-state index in [9.17, 15) is 0 Å². The van der Waals surface area contributed by atoms with Crippen molar-refractivity contribution in [1.82, 2.24) is 19.9 Å². The standard InChI is InChI=1S/C15H22N6S/c1-10(13-17-14(16)19-15(18-13)20(2)3)21-8-4-6-11(21)12-7-5-9-22-12/h5,7,9-11H,4,6,8H2,1-3H3,(H2,16,17,18,19)/t10-,11+/m1/s1. The van der Waals surface area contributed by atoms with Gasteiger partial charge in [-0.25, -0.2) is 0 Å². The van der Waals surface area contributed by atoms with Gasteiger partial charge in [-0.15, -0.1) is 11.3 Å². The van der Waals surface area contributed by atoms with E-state index in [1.165, 1.54) is 17.7 Å². The van der Waals surface area contributed by atoms with E-state index in [2.05, 4.69) is 44.3 Å². The number of rotatable bonds is 4. The van der Waals surface area contributed by atoms with Gasteiger partial charge in [0.15, 0.2) is 5.82 Å². The number of hydrogen-bond donors (Lipinski definition) is 1. The normalized spacial score (nSPS) is 20.2. The summed E-state index contributed by atoms with van der Waals surface area (Å²) in [5.41, 5.74) is 5.86. The summed E-state index contributed by atoms with van der Waals surface area (Å²) in [6.07, 6.45) is 2.39. The van der Waals surface area contributed by atoms with E-state index in [1.54, 1.807) is 0 Å². The lowest BCUT2D eigenvalue weighted by Crippen LogP contribution is -2.28. The minimum atomic E-state index is 0.124. The largest absolute Gasteiger partial charge is 0.368 e. The molecule has 0 radical (unpaired) electrons. The Kier molecular flexibility index (Phi) is 4.26. The Balaban J connectivity index is 1.88. The minimum Gasteiger partial charge on any atom is -0.368 e. The van der Waals surface area contributed by atoms with Gasteiger partial charge >= 0.3 is 0 Å². The molecule has 7 heteroatoms. The lowest BCUT2D eigenvalue weighted by Gasteiger charge is -2.29. The summed E-state index contributed by atoms with van der Waals surface area (Å²) in [5, 5.41) is 2.14. The maximum absolute atomic E-state index is 5.86. The number of nitrogens with zero attached hydrogens (tertiary/aromatic N) is 5. The van der Waals surface area contributed by atoms with Gasteiger partial charge in [-0.1, -0.05) is 6.07 Å². The molecule has 2 N–H and O–H groups in total. The first-order valence-electron chi connectivity index (χ1n) is 7.54. The number of nitrogen functional groups attached to an aromatic ring is 1. The predicted octanol–water partition coefficient (Wildman–Crippen LogP) is 2.48. The first-order chi connectivity index (χ1) is 10.6. The molecule has 0 unspecified atom stereocenters. The van der Waals surface area contributed by atoms with Crippen LogP contribution in [0.5, 0.6) is 0 Å². The summed E-state index contributed by atoms with van der Waals surface area (Å²) in [6.45, 7) is 3.22. The van der Waals surface area contributed by atoms with Crippen LogP contribution in [-0.2, 0) is 0 Å². The highest BCUT2D eigenvalue weighted by molar-refractivity contribution is 7.10. The lowest BCUT2D eigenvalue weighted by molar-refractivity contribution is 0.189. The van der Waals surface area contributed by atoms with Gasteiger partial charge in [0.05, 0.1) is 6.04 Å². The topological polar surface area (TPSA) is 71.2 Å². The van der Waals surface area contributed by atoms with Gasteiger partial charge < -0.3 is 10.6 Å². The Bertz CT molecular complexity index is 627. The molecule has 0 aromatic carbocycles. The zero-order valence-electron chi connectivity index (χ0n) is 13.2. The highest BCUT2D eigenvalue weighted by atomic mass is 32.1. The first-order valence-corrected chi connectivity index (χ1v) is 8.42. The van der Waals surface area contributed by atoms with Gasteiger partial charge in [0.25, 0.3) is 0 Å². The van der Waals surface area contributed by atoms with Gasteiger partial charge in [0.2, 0.25) is 11.9 Å². The molecule has 1 aliphatic heterocycles. The zero-order chi connectivity index (χ0) is 15.7. The molecular formula is C15H22N6S. The molecule has 1 fully saturated rings. The van der Waals surface area contributed by atoms with E-state index in [-0.39, 0.29) is 12.0 Å². The summed E-state index contributed by atoms with van der Waals surface area (Å²) in [6, 6.07) is 4.91. The number of anilines is 2. The summed E-state index contributed by atoms with van der Waals surface area (Å²) in [4.78, 5) is 18.9. The zero-order valence-corrected chi connectivity index (χ0v) is 14.0. The van der Waals surface area contributed by atoms with E-state index >= 15 is 0 Å². The van der Waals surface area contributed by atoms with Crippen LogP contribution in [0.15, 0.2) is 17.5 Å². The predicted molar refractivity (Wildman–Crippen MR) is 90.0 cm³/mol. The molecule has 0 aliphatic carbocycles. The molecule has 3 rings (SSSR count). The molecule has 2 atom stereocenters. The maximum atomic E-state index is 5.86. The molecule has 3 heterocycles. The molecule has 0 saturated carbocycles. The van der Waals surface area contributed by atoms with Gasteiger partial charge in [0.1, 0.15) is 0 Å². The second kappa shape index (κ2) is 6.18. The SMILES string of the molecule is C[C@H](c1nc(N)nc(N(C)C)n1)N1CCC[C@H]1c1cccs1. The van der Waals surface area contributed by atoms with Crippen molar-refractivity contribution in [2.24, 2.45) is 0 Å². The van der Waals surface area contributed by atoms with E-state index in [0.717, 1.165) is 12.4 Å². The molecule has 22 heavy (non-hydrogen) atoms. The smallest absolute Gasteiger partial charge is 0.229 e. The molecule has 0 amide bonds. The summed E-state index contributed by atoms with van der Waals surface area (Å²) in [7, 11) is 3.82. The summed E-state index contributed by atoms with van der Waals surface area (Å²) >= 11 is 1.82. The van der Waals surface area contributed by atoms with Crippen LogP contribution >= 0.6 is 11.3 Å². The monoisotopic (exact) mass is 318 g/mol. The van der Waals surface area contributed by atoms with E-state index in [4.69, 9.17) is 5.73 Å². The van der Waals surface area contributed by atoms with Gasteiger partial charge in [-0.3, -0.25) is 4.90 Å². The van der Waals surface area contributed by atoms with Gasteiger partial charge in [-0.2, -0.15) is 15.0 Å². The van der Waals surface area contributed by atoms with Crippen molar-refractivity contribution < 1.29 is 0 Å². The molecule has 6 nitrogen and oxygen atoms in total. The Labute approximate surface area is 135 Å². The maximum Gasteiger partial charge on any atom is 0.229 e. The molecule has 2 aromatic rings. The Morgan fingerprint density at radius 1 is 1.36 bits per heavy atom.